The third-order valence-corrected chi connectivity index (χ3v) is 27.7. The summed E-state index contributed by atoms with van der Waals surface area (Å²) in [5.41, 5.74) is 12.1. The summed E-state index contributed by atoms with van der Waals surface area (Å²) in [6, 6.07) is 15.6. The fourth-order valence-electron chi connectivity index (χ4n) is 17.6. The molecule has 4 heterocycles. The van der Waals surface area contributed by atoms with Crippen molar-refractivity contribution in [2.45, 2.75) is 437 Å². The molecule has 7 rings (SSSR count). The second-order valence-electron chi connectivity index (χ2n) is 31.6. The van der Waals surface area contributed by atoms with E-state index in [1.807, 2.05) is 0 Å². The van der Waals surface area contributed by atoms with Crippen molar-refractivity contribution < 1.29 is 9.59 Å². The van der Waals surface area contributed by atoms with Crippen LogP contribution in [0.3, 0.4) is 0 Å². The van der Waals surface area contributed by atoms with Crippen LogP contribution in [0, 0.1) is 0 Å². The number of thiophene rings is 4. The first-order valence-electron chi connectivity index (χ1n) is 43.0. The summed E-state index contributed by atoms with van der Waals surface area (Å²) in [5.74, 6) is 0. The Morgan fingerprint density at radius 3 is 0.704 bits per heavy atom. The molecule has 0 radical (unpaired) electrons. The van der Waals surface area contributed by atoms with Crippen LogP contribution in [-0.4, -0.2) is 12.6 Å². The molecular weight excluding hydrogens is 1270 g/mol. The van der Waals surface area contributed by atoms with Crippen molar-refractivity contribution in [3.8, 4) is 20.9 Å². The summed E-state index contributed by atoms with van der Waals surface area (Å²) >= 11 is 7.40. The van der Waals surface area contributed by atoms with Crippen LogP contribution in [0.1, 0.15) is 475 Å². The maximum Gasteiger partial charge on any atom is 0.160 e. The second kappa shape index (κ2) is 50.7. The first-order valence-corrected chi connectivity index (χ1v) is 46.3. The SMILES string of the molecule is CCCCCCCCCCCCCCCCC1(CCCCCCCCCCCCCCCC)c2cc3c(cc2-c2sc(Cc4ccsc4C=O)cc21)C(CCCCCCCCCCCCCCCC)(CCCCCCCCCCCCCCCC)c1cc(Cc2ccsc2C=O)sc1-3. The summed E-state index contributed by atoms with van der Waals surface area (Å²) in [4.78, 5) is 32.8. The van der Waals surface area contributed by atoms with Crippen molar-refractivity contribution >= 4 is 57.9 Å². The number of carbonyl (C=O) groups excluding carboxylic acids is 2. The van der Waals surface area contributed by atoms with Crippen molar-refractivity contribution in [3.63, 3.8) is 0 Å². The molecule has 2 nitrogen and oxygen atoms in total. The van der Waals surface area contributed by atoms with Crippen molar-refractivity contribution in [2.75, 3.05) is 0 Å². The monoisotopic (exact) mass is 1410 g/mol. The van der Waals surface area contributed by atoms with Crippen LogP contribution >= 0.6 is 45.3 Å². The smallest absolute Gasteiger partial charge is 0.160 e. The molecule has 5 aromatic rings. The maximum atomic E-state index is 12.5. The topological polar surface area (TPSA) is 34.1 Å². The Labute approximate surface area is 620 Å². The Morgan fingerprint density at radius 1 is 0.276 bits per heavy atom. The van der Waals surface area contributed by atoms with E-state index in [9.17, 15) is 9.59 Å². The number of fused-ring (bicyclic) bond motifs is 6. The molecule has 0 unspecified atom stereocenters. The Kier molecular flexibility index (Phi) is 42.8. The van der Waals surface area contributed by atoms with Gasteiger partial charge in [0.25, 0.3) is 0 Å². The lowest BCUT2D eigenvalue weighted by molar-refractivity contribution is 0.111. The minimum Gasteiger partial charge on any atom is -0.297 e. The van der Waals surface area contributed by atoms with E-state index in [1.165, 1.54) is 406 Å². The van der Waals surface area contributed by atoms with E-state index in [-0.39, 0.29) is 10.8 Å². The summed E-state index contributed by atoms with van der Waals surface area (Å²) in [6.45, 7) is 9.31. The quantitative estimate of drug-likeness (QED) is 0.0287. The molecule has 0 saturated heterocycles. The Morgan fingerprint density at radius 2 is 0.490 bits per heavy atom. The van der Waals surface area contributed by atoms with Crippen LogP contribution in [0.25, 0.3) is 20.9 Å². The predicted molar refractivity (Wildman–Crippen MR) is 439 cm³/mol. The zero-order valence-electron chi connectivity index (χ0n) is 64.1. The van der Waals surface area contributed by atoms with Gasteiger partial charge in [-0.3, -0.25) is 9.59 Å². The highest BCUT2D eigenvalue weighted by atomic mass is 32.1. The van der Waals surface area contributed by atoms with E-state index in [4.69, 9.17) is 0 Å². The van der Waals surface area contributed by atoms with Gasteiger partial charge < -0.3 is 0 Å². The lowest BCUT2D eigenvalue weighted by Crippen LogP contribution is -2.27. The fourth-order valence-corrected chi connectivity index (χ4v) is 21.7. The van der Waals surface area contributed by atoms with Gasteiger partial charge in [0.1, 0.15) is 0 Å². The van der Waals surface area contributed by atoms with Crippen LogP contribution in [-0.2, 0) is 23.7 Å². The molecular formula is C92H146O2S4. The zero-order valence-corrected chi connectivity index (χ0v) is 67.3. The van der Waals surface area contributed by atoms with Gasteiger partial charge in [0.2, 0.25) is 0 Å². The Balaban J connectivity index is 1.17. The molecule has 1 aromatic carbocycles. The molecule has 0 spiro atoms. The van der Waals surface area contributed by atoms with Gasteiger partial charge in [0.05, 0.1) is 9.75 Å². The number of aldehydes is 2. The third-order valence-electron chi connectivity index (χ3n) is 23.6. The Bertz CT molecular complexity index is 2580. The van der Waals surface area contributed by atoms with Crippen LogP contribution in [0.15, 0.2) is 47.2 Å². The summed E-state index contributed by atoms with van der Waals surface area (Å²) in [5, 5.41) is 4.27. The number of hydrogen-bond donors (Lipinski definition) is 0. The molecule has 0 N–H and O–H groups in total. The van der Waals surface area contributed by atoms with Gasteiger partial charge in [-0.25, -0.2) is 0 Å². The van der Waals surface area contributed by atoms with Gasteiger partial charge in [0.15, 0.2) is 12.6 Å². The second-order valence-corrected chi connectivity index (χ2v) is 35.8. The number of benzene rings is 1. The van der Waals surface area contributed by atoms with Gasteiger partial charge in [0, 0.05) is 43.2 Å². The molecule has 2 aliphatic rings. The molecule has 0 atom stereocenters. The molecule has 6 heteroatoms. The molecule has 0 saturated carbocycles. The molecule has 98 heavy (non-hydrogen) atoms. The lowest BCUT2D eigenvalue weighted by Gasteiger charge is -2.34. The highest BCUT2D eigenvalue weighted by Crippen LogP contribution is 2.64. The predicted octanol–water partition coefficient (Wildman–Crippen LogP) is 32.8. The molecule has 4 aromatic heterocycles. The largest absolute Gasteiger partial charge is 0.297 e. The first-order chi connectivity index (χ1) is 48.5. The van der Waals surface area contributed by atoms with E-state index in [2.05, 4.69) is 97.5 Å². The fraction of sp³-hybridized carbons (Fsp3) is 0.739. The minimum atomic E-state index is -0.0187. The van der Waals surface area contributed by atoms with Crippen molar-refractivity contribution in [1.29, 1.82) is 0 Å². The average Bonchev–Trinajstić information content (AvgIpc) is 1.53. The Hall–Kier alpha value is -2.64. The van der Waals surface area contributed by atoms with Gasteiger partial charge >= 0.3 is 0 Å². The van der Waals surface area contributed by atoms with Gasteiger partial charge in [-0.2, -0.15) is 0 Å². The molecule has 550 valence electrons. The van der Waals surface area contributed by atoms with E-state index >= 15 is 0 Å². The highest BCUT2D eigenvalue weighted by molar-refractivity contribution is 7.16. The summed E-state index contributed by atoms with van der Waals surface area (Å²) in [7, 11) is 0. The number of unbranched alkanes of at least 4 members (excludes halogenated alkanes) is 52. The zero-order chi connectivity index (χ0) is 68.8. The average molecular weight is 1410 g/mol. The number of rotatable bonds is 66. The third kappa shape index (κ3) is 27.8. The normalized spacial score (nSPS) is 13.4. The van der Waals surface area contributed by atoms with Crippen LogP contribution in [0.4, 0.5) is 0 Å². The van der Waals surface area contributed by atoms with E-state index in [0.29, 0.717) is 0 Å². The van der Waals surface area contributed by atoms with Gasteiger partial charge in [-0.1, -0.05) is 387 Å². The van der Waals surface area contributed by atoms with Crippen LogP contribution < -0.4 is 0 Å². The molecule has 0 fully saturated rings. The van der Waals surface area contributed by atoms with Crippen LogP contribution in [0.5, 0.6) is 0 Å². The molecule has 2 aliphatic carbocycles. The standard InChI is InChI=1S/C92H146O2S4/c1-5-9-13-17-21-25-29-33-37-41-45-49-53-57-63-91(64-58-54-50-46-42-38-34-30-26-22-18-14-10-6-2)83-73-82-84(74-81(83)89-85(91)71-79(97-89)69-77-61-67-95-87(77)75-93)92(65-59-55-51-47-43-39-35-31-27-23-19-15-11-7-3,66-60-56-52-48-44-40-36-32-28-24-20-16-12-8-4)86-72-80(98-90(82)86)70-78-62-68-96-88(78)76-94/h61-62,67-68,71-76H,5-60,63-66,69-70H2,1-4H3. The van der Waals surface area contributed by atoms with Crippen molar-refractivity contribution in [3.05, 3.63) is 100 Å². The first kappa shape index (κ1) is 82.6. The maximum absolute atomic E-state index is 12.5. The van der Waals surface area contributed by atoms with E-state index in [1.54, 1.807) is 65.8 Å². The van der Waals surface area contributed by atoms with Crippen molar-refractivity contribution in [2.24, 2.45) is 0 Å². The summed E-state index contributed by atoms with van der Waals surface area (Å²) < 4.78 is 0. The molecule has 0 bridgehead atoms. The number of carbonyl (C=O) groups is 2. The number of hydrogen-bond acceptors (Lipinski definition) is 6. The molecule has 0 aliphatic heterocycles. The minimum absolute atomic E-state index is 0.0187. The van der Waals surface area contributed by atoms with E-state index in [0.717, 1.165) is 35.2 Å². The van der Waals surface area contributed by atoms with Gasteiger partial charge in [-0.05, 0) is 117 Å². The van der Waals surface area contributed by atoms with E-state index < -0.39 is 0 Å². The van der Waals surface area contributed by atoms with Gasteiger partial charge in [-0.15, -0.1) is 45.3 Å². The molecule has 0 amide bonds. The lowest BCUT2D eigenvalue weighted by atomic mass is 9.68. The van der Waals surface area contributed by atoms with Crippen molar-refractivity contribution in [1.82, 2.24) is 0 Å². The van der Waals surface area contributed by atoms with Crippen LogP contribution in [0.2, 0.25) is 0 Å². The highest BCUT2D eigenvalue weighted by Gasteiger charge is 2.49. The summed E-state index contributed by atoms with van der Waals surface area (Å²) in [6.07, 6.45) is 86.7.